The molecule has 10 heavy (non-hydrogen) atoms. The fraction of sp³-hybridized carbons (Fsp3) is 0.571. The highest BCUT2D eigenvalue weighted by molar-refractivity contribution is 9.08. The number of alkyl halides is 1. The van der Waals surface area contributed by atoms with Crippen molar-refractivity contribution in [2.24, 2.45) is 0 Å². The van der Waals surface area contributed by atoms with E-state index in [9.17, 15) is 0 Å². The van der Waals surface area contributed by atoms with Gasteiger partial charge in [0.1, 0.15) is 5.76 Å². The first-order chi connectivity index (χ1) is 4.88. The maximum Gasteiger partial charge on any atom is 0.181 e. The Bertz CT molecular complexity index is 197. The van der Waals surface area contributed by atoms with Crippen molar-refractivity contribution in [2.45, 2.75) is 25.1 Å². The topological polar surface area (TPSA) is 26.0 Å². The predicted octanol–water partition coefficient (Wildman–Crippen LogP) is 2.52. The third-order valence-electron chi connectivity index (χ3n) is 1.33. The monoisotopic (exact) mass is 203 g/mol. The van der Waals surface area contributed by atoms with Gasteiger partial charge in [0.2, 0.25) is 0 Å². The molecule has 0 spiro atoms. The van der Waals surface area contributed by atoms with Crippen LogP contribution in [0.15, 0.2) is 10.8 Å². The molecule has 0 saturated heterocycles. The Kier molecular flexibility index (Phi) is 2.93. The third-order valence-corrected chi connectivity index (χ3v) is 1.86. The molecule has 1 heterocycles. The van der Waals surface area contributed by atoms with Gasteiger partial charge in [-0.25, -0.2) is 4.98 Å². The van der Waals surface area contributed by atoms with Gasteiger partial charge in [-0.15, -0.1) is 0 Å². The summed E-state index contributed by atoms with van der Waals surface area (Å²) >= 11 is 3.33. The Morgan fingerprint density at radius 3 is 3.10 bits per heavy atom. The molecule has 1 aromatic heterocycles. The third kappa shape index (κ3) is 1.59. The largest absolute Gasteiger partial charge is 0.448 e. The minimum Gasteiger partial charge on any atom is -0.448 e. The van der Waals surface area contributed by atoms with E-state index in [0.29, 0.717) is 0 Å². The molecule has 0 unspecified atom stereocenters. The van der Waals surface area contributed by atoms with Gasteiger partial charge >= 0.3 is 0 Å². The molecule has 2 nitrogen and oxygen atoms in total. The van der Waals surface area contributed by atoms with Gasteiger partial charge in [-0.1, -0.05) is 22.9 Å². The molecule has 0 radical (unpaired) electrons. The number of oxazole rings is 1. The van der Waals surface area contributed by atoms with Crippen LogP contribution in [0.1, 0.15) is 24.8 Å². The highest BCUT2D eigenvalue weighted by Gasteiger charge is 2.03. The first kappa shape index (κ1) is 7.79. The molecule has 1 rings (SSSR count). The molecule has 3 heteroatoms. The second-order valence-corrected chi connectivity index (χ2v) is 2.67. The number of hydrogen-bond donors (Lipinski definition) is 0. The van der Waals surface area contributed by atoms with E-state index in [1.54, 1.807) is 0 Å². The van der Waals surface area contributed by atoms with Crippen LogP contribution in [0.5, 0.6) is 0 Å². The van der Waals surface area contributed by atoms with E-state index in [-0.39, 0.29) is 0 Å². The van der Waals surface area contributed by atoms with E-state index >= 15 is 0 Å². The Hall–Kier alpha value is -0.310. The van der Waals surface area contributed by atoms with Crippen LogP contribution in [0.25, 0.3) is 0 Å². The quantitative estimate of drug-likeness (QED) is 0.707. The maximum absolute atomic E-state index is 5.15. The van der Waals surface area contributed by atoms with Crippen LogP contribution in [0.2, 0.25) is 0 Å². The maximum atomic E-state index is 5.15. The van der Waals surface area contributed by atoms with Gasteiger partial charge in [0, 0.05) is 11.8 Å². The van der Waals surface area contributed by atoms with Crippen LogP contribution in [0.3, 0.4) is 0 Å². The highest BCUT2D eigenvalue weighted by Crippen LogP contribution is 2.11. The number of halogens is 1. The summed E-state index contributed by atoms with van der Waals surface area (Å²) in [7, 11) is 0. The lowest BCUT2D eigenvalue weighted by atomic mass is 10.2. The zero-order valence-corrected chi connectivity index (χ0v) is 7.52. The standard InChI is InChI=1S/C7H10BrNO/c1-2-3-7-6(4-8)9-5-10-7/h5H,2-4H2,1H3. The van der Waals surface area contributed by atoms with E-state index < -0.39 is 0 Å². The van der Waals surface area contributed by atoms with E-state index in [1.165, 1.54) is 6.39 Å². The summed E-state index contributed by atoms with van der Waals surface area (Å²) in [5.41, 5.74) is 1.03. The minimum absolute atomic E-state index is 0.791. The van der Waals surface area contributed by atoms with Crippen LogP contribution in [-0.4, -0.2) is 4.98 Å². The molecule has 0 fully saturated rings. The summed E-state index contributed by atoms with van der Waals surface area (Å²) in [5, 5.41) is 0.791. The average Bonchev–Trinajstić information content (AvgIpc) is 2.36. The van der Waals surface area contributed by atoms with Crippen molar-refractivity contribution in [3.05, 3.63) is 17.8 Å². The molecule has 0 atom stereocenters. The summed E-state index contributed by atoms with van der Waals surface area (Å²) in [4.78, 5) is 4.04. The van der Waals surface area contributed by atoms with Gasteiger partial charge in [0.05, 0.1) is 5.69 Å². The van der Waals surface area contributed by atoms with Gasteiger partial charge < -0.3 is 4.42 Å². The molecule has 56 valence electrons. The summed E-state index contributed by atoms with van der Waals surface area (Å²) in [5.74, 6) is 1.01. The van der Waals surface area contributed by atoms with Crippen molar-refractivity contribution in [2.75, 3.05) is 0 Å². The Morgan fingerprint density at radius 1 is 1.70 bits per heavy atom. The molecule has 0 aromatic carbocycles. The Labute approximate surface area is 68.8 Å². The molecule has 0 aliphatic carbocycles. The fourth-order valence-corrected chi connectivity index (χ4v) is 1.29. The van der Waals surface area contributed by atoms with Crippen LogP contribution < -0.4 is 0 Å². The molecule has 0 amide bonds. The van der Waals surface area contributed by atoms with Crippen molar-refractivity contribution < 1.29 is 4.42 Å². The summed E-state index contributed by atoms with van der Waals surface area (Å²) in [6, 6.07) is 0. The van der Waals surface area contributed by atoms with Crippen molar-refractivity contribution in [3.63, 3.8) is 0 Å². The number of aryl methyl sites for hydroxylation is 1. The van der Waals surface area contributed by atoms with E-state index in [4.69, 9.17) is 4.42 Å². The van der Waals surface area contributed by atoms with Crippen molar-refractivity contribution in [1.82, 2.24) is 4.98 Å². The first-order valence-corrected chi connectivity index (χ1v) is 4.47. The molecule has 0 bridgehead atoms. The Balaban J connectivity index is 2.70. The average molecular weight is 204 g/mol. The molecule has 0 aliphatic rings. The smallest absolute Gasteiger partial charge is 0.181 e. The summed E-state index contributed by atoms with van der Waals surface area (Å²) in [6.07, 6.45) is 3.59. The van der Waals surface area contributed by atoms with Gasteiger partial charge in [-0.05, 0) is 6.42 Å². The fourth-order valence-electron chi connectivity index (χ4n) is 0.833. The highest BCUT2D eigenvalue weighted by atomic mass is 79.9. The minimum atomic E-state index is 0.791. The molecular formula is C7H10BrNO. The number of nitrogens with zero attached hydrogens (tertiary/aromatic N) is 1. The van der Waals surface area contributed by atoms with Gasteiger partial charge in [-0.2, -0.15) is 0 Å². The van der Waals surface area contributed by atoms with Crippen molar-refractivity contribution in [1.29, 1.82) is 0 Å². The zero-order chi connectivity index (χ0) is 7.40. The van der Waals surface area contributed by atoms with E-state index in [1.807, 2.05) is 0 Å². The summed E-state index contributed by atoms with van der Waals surface area (Å²) in [6.45, 7) is 2.13. The van der Waals surface area contributed by atoms with Crippen LogP contribution >= 0.6 is 15.9 Å². The van der Waals surface area contributed by atoms with Crippen LogP contribution in [0, 0.1) is 0 Å². The normalized spacial score (nSPS) is 10.2. The van der Waals surface area contributed by atoms with E-state index in [0.717, 1.165) is 29.6 Å². The van der Waals surface area contributed by atoms with Crippen LogP contribution in [-0.2, 0) is 11.8 Å². The lowest BCUT2D eigenvalue weighted by molar-refractivity contribution is 0.499. The Morgan fingerprint density at radius 2 is 2.50 bits per heavy atom. The van der Waals surface area contributed by atoms with Gasteiger partial charge in [-0.3, -0.25) is 0 Å². The van der Waals surface area contributed by atoms with Crippen molar-refractivity contribution >= 4 is 15.9 Å². The van der Waals surface area contributed by atoms with E-state index in [2.05, 4.69) is 27.8 Å². The summed E-state index contributed by atoms with van der Waals surface area (Å²) < 4.78 is 5.15. The van der Waals surface area contributed by atoms with Gasteiger partial charge in [0.15, 0.2) is 6.39 Å². The molecular weight excluding hydrogens is 194 g/mol. The van der Waals surface area contributed by atoms with Gasteiger partial charge in [0.25, 0.3) is 0 Å². The van der Waals surface area contributed by atoms with Crippen LogP contribution in [0.4, 0.5) is 0 Å². The molecule has 0 saturated carbocycles. The lowest BCUT2D eigenvalue weighted by Crippen LogP contribution is -1.86. The second kappa shape index (κ2) is 3.76. The molecule has 1 aromatic rings. The first-order valence-electron chi connectivity index (χ1n) is 3.35. The lowest BCUT2D eigenvalue weighted by Gasteiger charge is -1.92. The number of hydrogen-bond acceptors (Lipinski definition) is 2. The second-order valence-electron chi connectivity index (χ2n) is 2.11. The molecule has 0 N–H and O–H groups in total. The molecule has 0 aliphatic heterocycles. The predicted molar refractivity (Wildman–Crippen MR) is 43.1 cm³/mol. The number of aromatic nitrogens is 1. The number of rotatable bonds is 3. The SMILES string of the molecule is CCCc1ocnc1CBr. The van der Waals surface area contributed by atoms with Crippen molar-refractivity contribution in [3.8, 4) is 0 Å². The zero-order valence-electron chi connectivity index (χ0n) is 5.93.